The van der Waals surface area contributed by atoms with E-state index in [1.165, 1.54) is 0 Å². The summed E-state index contributed by atoms with van der Waals surface area (Å²) in [7, 11) is 1.93. The topological polar surface area (TPSA) is 41.6 Å². The number of halogens is 2. The fourth-order valence-electron chi connectivity index (χ4n) is 2.21. The van der Waals surface area contributed by atoms with Gasteiger partial charge in [-0.25, -0.2) is 4.98 Å². The van der Waals surface area contributed by atoms with Crippen LogP contribution < -0.4 is 0 Å². The van der Waals surface area contributed by atoms with Gasteiger partial charge in [0.15, 0.2) is 0 Å². The van der Waals surface area contributed by atoms with Crippen LogP contribution in [0.4, 0.5) is 0 Å². The third kappa shape index (κ3) is 2.00. The standard InChI is InChI=1S/C15H9BrClN3/c1-20-13-4-2-3-9(8-18)14(13)19-15(20)11-7-10(17)5-6-12(11)16/h2-7H,1H3. The Kier molecular flexibility index (Phi) is 3.25. The summed E-state index contributed by atoms with van der Waals surface area (Å²) in [6, 6.07) is 13.3. The van der Waals surface area contributed by atoms with Crippen LogP contribution in [-0.2, 0) is 7.05 Å². The molecule has 0 radical (unpaired) electrons. The summed E-state index contributed by atoms with van der Waals surface area (Å²) < 4.78 is 2.88. The largest absolute Gasteiger partial charge is 0.327 e. The Hall–Kier alpha value is -1.83. The van der Waals surface area contributed by atoms with E-state index in [-0.39, 0.29) is 0 Å². The number of benzene rings is 2. The van der Waals surface area contributed by atoms with E-state index in [2.05, 4.69) is 27.0 Å². The van der Waals surface area contributed by atoms with Crippen molar-refractivity contribution in [2.45, 2.75) is 0 Å². The van der Waals surface area contributed by atoms with Gasteiger partial charge in [0.2, 0.25) is 0 Å². The molecule has 20 heavy (non-hydrogen) atoms. The second-order valence-corrected chi connectivity index (χ2v) is 5.69. The first-order chi connectivity index (χ1) is 9.61. The van der Waals surface area contributed by atoms with Gasteiger partial charge in [-0.3, -0.25) is 0 Å². The number of nitriles is 1. The summed E-state index contributed by atoms with van der Waals surface area (Å²) in [4.78, 5) is 4.61. The number of hydrogen-bond donors (Lipinski definition) is 0. The molecule has 0 saturated carbocycles. The predicted molar refractivity (Wildman–Crippen MR) is 83.6 cm³/mol. The first-order valence-corrected chi connectivity index (χ1v) is 7.10. The Labute approximate surface area is 129 Å². The normalized spacial score (nSPS) is 10.7. The van der Waals surface area contributed by atoms with Gasteiger partial charge in [-0.2, -0.15) is 5.26 Å². The summed E-state index contributed by atoms with van der Waals surface area (Å²) in [6.45, 7) is 0. The van der Waals surface area contributed by atoms with Gasteiger partial charge in [-0.05, 0) is 30.3 Å². The SMILES string of the molecule is Cn1c(-c2cc(Cl)ccc2Br)nc2c(C#N)cccc21. The summed E-state index contributed by atoms with van der Waals surface area (Å²) in [6.07, 6.45) is 0. The molecule has 0 amide bonds. The maximum Gasteiger partial charge on any atom is 0.142 e. The lowest BCUT2D eigenvalue weighted by atomic mass is 10.2. The molecule has 98 valence electrons. The summed E-state index contributed by atoms with van der Waals surface area (Å²) in [5, 5.41) is 9.82. The quantitative estimate of drug-likeness (QED) is 0.649. The number of hydrogen-bond acceptors (Lipinski definition) is 2. The van der Waals surface area contributed by atoms with Crippen molar-refractivity contribution in [1.29, 1.82) is 5.26 Å². The molecule has 1 aromatic heterocycles. The molecule has 0 aliphatic carbocycles. The smallest absolute Gasteiger partial charge is 0.142 e. The van der Waals surface area contributed by atoms with E-state index in [1.807, 2.05) is 41.9 Å². The maximum absolute atomic E-state index is 9.18. The van der Waals surface area contributed by atoms with Crippen molar-refractivity contribution in [2.75, 3.05) is 0 Å². The maximum atomic E-state index is 9.18. The molecule has 5 heteroatoms. The summed E-state index contributed by atoms with van der Waals surface area (Å²) in [5.41, 5.74) is 3.10. The molecular formula is C15H9BrClN3. The molecule has 0 bridgehead atoms. The first kappa shape index (κ1) is 13.2. The summed E-state index contributed by atoms with van der Waals surface area (Å²) in [5.74, 6) is 0.775. The molecule has 0 atom stereocenters. The van der Waals surface area contributed by atoms with Crippen molar-refractivity contribution in [3.05, 3.63) is 51.5 Å². The fourth-order valence-corrected chi connectivity index (χ4v) is 2.81. The lowest BCUT2D eigenvalue weighted by Crippen LogP contribution is -1.93. The minimum Gasteiger partial charge on any atom is -0.327 e. The van der Waals surface area contributed by atoms with Crippen LogP contribution in [0, 0.1) is 11.3 Å². The van der Waals surface area contributed by atoms with Crippen molar-refractivity contribution < 1.29 is 0 Å². The highest BCUT2D eigenvalue weighted by molar-refractivity contribution is 9.10. The van der Waals surface area contributed by atoms with Gasteiger partial charge < -0.3 is 4.57 Å². The minimum absolute atomic E-state index is 0.572. The number of para-hydroxylation sites is 1. The van der Waals surface area contributed by atoms with Gasteiger partial charge in [0.05, 0.1) is 11.1 Å². The van der Waals surface area contributed by atoms with E-state index >= 15 is 0 Å². The van der Waals surface area contributed by atoms with Gasteiger partial charge in [-0.1, -0.05) is 33.6 Å². The fraction of sp³-hybridized carbons (Fsp3) is 0.0667. The first-order valence-electron chi connectivity index (χ1n) is 5.93. The highest BCUT2D eigenvalue weighted by atomic mass is 79.9. The minimum atomic E-state index is 0.572. The summed E-state index contributed by atoms with van der Waals surface area (Å²) >= 11 is 9.58. The average molecular weight is 347 g/mol. The van der Waals surface area contributed by atoms with E-state index < -0.39 is 0 Å². The van der Waals surface area contributed by atoms with Gasteiger partial charge in [0, 0.05) is 22.1 Å². The molecule has 0 fully saturated rings. The van der Waals surface area contributed by atoms with E-state index in [0.717, 1.165) is 21.4 Å². The lowest BCUT2D eigenvalue weighted by molar-refractivity contribution is 0.958. The van der Waals surface area contributed by atoms with Gasteiger partial charge >= 0.3 is 0 Å². The Morgan fingerprint density at radius 1 is 1.30 bits per heavy atom. The second kappa shape index (κ2) is 4.93. The number of aryl methyl sites for hydroxylation is 1. The van der Waals surface area contributed by atoms with Crippen molar-refractivity contribution in [1.82, 2.24) is 9.55 Å². The second-order valence-electron chi connectivity index (χ2n) is 4.40. The highest BCUT2D eigenvalue weighted by Gasteiger charge is 2.14. The molecule has 1 heterocycles. The Balaban J connectivity index is 2.36. The van der Waals surface area contributed by atoms with E-state index in [9.17, 15) is 5.26 Å². The van der Waals surface area contributed by atoms with Crippen LogP contribution in [0.15, 0.2) is 40.9 Å². The molecule has 3 rings (SSSR count). The van der Waals surface area contributed by atoms with Crippen LogP contribution in [0.25, 0.3) is 22.4 Å². The zero-order valence-corrected chi connectivity index (χ0v) is 12.9. The van der Waals surface area contributed by atoms with Crippen molar-refractivity contribution in [3.63, 3.8) is 0 Å². The molecule has 3 aromatic rings. The monoisotopic (exact) mass is 345 g/mol. The Morgan fingerprint density at radius 3 is 2.85 bits per heavy atom. The molecular weight excluding hydrogens is 338 g/mol. The van der Waals surface area contributed by atoms with Crippen LogP contribution in [0.2, 0.25) is 5.02 Å². The molecule has 2 aromatic carbocycles. The molecule has 3 nitrogen and oxygen atoms in total. The molecule has 0 aliphatic rings. The number of fused-ring (bicyclic) bond motifs is 1. The van der Waals surface area contributed by atoms with Gasteiger partial charge in [-0.15, -0.1) is 0 Å². The molecule has 0 saturated heterocycles. The number of rotatable bonds is 1. The van der Waals surface area contributed by atoms with E-state index in [4.69, 9.17) is 11.6 Å². The third-order valence-electron chi connectivity index (χ3n) is 3.20. The van der Waals surface area contributed by atoms with Crippen LogP contribution in [0.5, 0.6) is 0 Å². The number of aromatic nitrogens is 2. The molecule has 0 aliphatic heterocycles. The highest BCUT2D eigenvalue weighted by Crippen LogP contribution is 2.32. The molecule has 0 unspecified atom stereocenters. The Morgan fingerprint density at radius 2 is 2.10 bits per heavy atom. The predicted octanol–water partition coefficient (Wildman–Crippen LogP) is 4.53. The van der Waals surface area contributed by atoms with Crippen LogP contribution in [-0.4, -0.2) is 9.55 Å². The van der Waals surface area contributed by atoms with Crippen molar-refractivity contribution in [3.8, 4) is 17.5 Å². The average Bonchev–Trinajstić information content (AvgIpc) is 2.79. The van der Waals surface area contributed by atoms with E-state index in [1.54, 1.807) is 6.07 Å². The number of nitrogens with zero attached hydrogens (tertiary/aromatic N) is 3. The van der Waals surface area contributed by atoms with Crippen LogP contribution >= 0.6 is 27.5 Å². The van der Waals surface area contributed by atoms with Gasteiger partial charge in [0.1, 0.15) is 17.4 Å². The molecule has 0 N–H and O–H groups in total. The third-order valence-corrected chi connectivity index (χ3v) is 4.13. The van der Waals surface area contributed by atoms with Crippen molar-refractivity contribution >= 4 is 38.6 Å². The Bertz CT molecular complexity index is 861. The number of imidazole rings is 1. The van der Waals surface area contributed by atoms with Gasteiger partial charge in [0.25, 0.3) is 0 Å². The van der Waals surface area contributed by atoms with Crippen molar-refractivity contribution in [2.24, 2.45) is 7.05 Å². The van der Waals surface area contributed by atoms with E-state index in [0.29, 0.717) is 16.1 Å². The zero-order valence-electron chi connectivity index (χ0n) is 10.6. The lowest BCUT2D eigenvalue weighted by Gasteiger charge is -2.05. The molecule has 0 spiro atoms. The van der Waals surface area contributed by atoms with Crippen LogP contribution in [0.3, 0.4) is 0 Å². The van der Waals surface area contributed by atoms with Crippen LogP contribution in [0.1, 0.15) is 5.56 Å². The zero-order chi connectivity index (χ0) is 14.3.